The molecule has 1 amide bonds. The monoisotopic (exact) mass is 476 g/mol. The standard InChI is InChI=1S/C21H17ClN2O5S2/c1-31(28,29)17-6-4-13(5-7-17)15-9-16(11-24-21(26)27)19(18(22)10-15)30-20-14(12-25)3-2-8-23-20/h2-10,12,24H,11H2,1H3,(H,26,27). The van der Waals surface area contributed by atoms with Crippen molar-refractivity contribution in [2.75, 3.05) is 6.26 Å². The van der Waals surface area contributed by atoms with Crippen LogP contribution >= 0.6 is 23.4 Å². The summed E-state index contributed by atoms with van der Waals surface area (Å²) in [5.41, 5.74) is 2.38. The molecule has 1 aromatic heterocycles. The van der Waals surface area contributed by atoms with Crippen LogP contribution in [0.1, 0.15) is 15.9 Å². The molecule has 0 spiro atoms. The zero-order valence-corrected chi connectivity index (χ0v) is 18.6. The van der Waals surface area contributed by atoms with Crippen LogP contribution in [-0.2, 0) is 16.4 Å². The summed E-state index contributed by atoms with van der Waals surface area (Å²) < 4.78 is 23.4. The number of benzene rings is 2. The number of carbonyl (C=O) groups excluding carboxylic acids is 1. The molecule has 7 nitrogen and oxygen atoms in total. The van der Waals surface area contributed by atoms with Gasteiger partial charge in [-0.25, -0.2) is 18.2 Å². The molecule has 0 aliphatic heterocycles. The highest BCUT2D eigenvalue weighted by Gasteiger charge is 2.16. The third-order valence-corrected chi connectivity index (χ3v) is 7.05. The van der Waals surface area contributed by atoms with Crippen LogP contribution in [0.4, 0.5) is 4.79 Å². The van der Waals surface area contributed by atoms with Gasteiger partial charge < -0.3 is 10.4 Å². The molecule has 2 N–H and O–H groups in total. The Kier molecular flexibility index (Phi) is 6.99. The molecule has 0 saturated heterocycles. The Balaban J connectivity index is 2.05. The number of halogens is 1. The Labute approximate surface area is 188 Å². The maximum atomic E-state index is 11.7. The van der Waals surface area contributed by atoms with Gasteiger partial charge in [-0.2, -0.15) is 0 Å². The molecule has 3 rings (SSSR count). The van der Waals surface area contributed by atoms with Crippen LogP contribution in [-0.4, -0.2) is 37.1 Å². The molecule has 0 atom stereocenters. The van der Waals surface area contributed by atoms with E-state index in [9.17, 15) is 18.0 Å². The Morgan fingerprint density at radius 1 is 1.19 bits per heavy atom. The first-order valence-corrected chi connectivity index (χ1v) is 12.0. The second kappa shape index (κ2) is 9.51. The van der Waals surface area contributed by atoms with E-state index in [-0.39, 0.29) is 11.4 Å². The third-order valence-electron chi connectivity index (χ3n) is 4.29. The van der Waals surface area contributed by atoms with Gasteiger partial charge in [0, 0.05) is 29.5 Å². The fourth-order valence-electron chi connectivity index (χ4n) is 2.80. The number of nitrogens with zero attached hydrogens (tertiary/aromatic N) is 1. The topological polar surface area (TPSA) is 113 Å². The molecule has 31 heavy (non-hydrogen) atoms. The number of rotatable bonds is 7. The van der Waals surface area contributed by atoms with Crippen LogP contribution < -0.4 is 5.32 Å². The van der Waals surface area contributed by atoms with E-state index in [1.165, 1.54) is 23.9 Å². The first-order valence-electron chi connectivity index (χ1n) is 8.87. The molecule has 0 aliphatic carbocycles. The molecular weight excluding hydrogens is 460 g/mol. The van der Waals surface area contributed by atoms with Crippen molar-refractivity contribution in [3.63, 3.8) is 0 Å². The Bertz CT molecular complexity index is 1250. The predicted molar refractivity (Wildman–Crippen MR) is 119 cm³/mol. The van der Waals surface area contributed by atoms with Gasteiger partial charge in [-0.1, -0.05) is 35.5 Å². The Morgan fingerprint density at radius 3 is 2.52 bits per heavy atom. The number of hydrogen-bond acceptors (Lipinski definition) is 6. The van der Waals surface area contributed by atoms with E-state index in [4.69, 9.17) is 16.7 Å². The number of hydrogen-bond donors (Lipinski definition) is 2. The molecule has 0 saturated carbocycles. The van der Waals surface area contributed by atoms with E-state index in [2.05, 4.69) is 10.3 Å². The van der Waals surface area contributed by atoms with Gasteiger partial charge in [0.05, 0.1) is 9.92 Å². The maximum absolute atomic E-state index is 11.7. The van der Waals surface area contributed by atoms with Crippen LogP contribution in [0, 0.1) is 0 Å². The zero-order valence-electron chi connectivity index (χ0n) is 16.2. The van der Waals surface area contributed by atoms with Gasteiger partial charge in [0.15, 0.2) is 16.1 Å². The van der Waals surface area contributed by atoms with Crippen LogP contribution in [0.2, 0.25) is 5.02 Å². The van der Waals surface area contributed by atoms with Crippen molar-refractivity contribution in [3.8, 4) is 11.1 Å². The van der Waals surface area contributed by atoms with Gasteiger partial charge in [0.2, 0.25) is 0 Å². The number of carbonyl (C=O) groups is 2. The van der Waals surface area contributed by atoms with E-state index in [0.29, 0.717) is 43.5 Å². The zero-order chi connectivity index (χ0) is 22.6. The maximum Gasteiger partial charge on any atom is 0.404 e. The molecule has 0 aliphatic rings. The van der Waals surface area contributed by atoms with Crippen LogP contribution in [0.3, 0.4) is 0 Å². The number of sulfone groups is 1. The fraction of sp³-hybridized carbons (Fsp3) is 0.0952. The van der Waals surface area contributed by atoms with Gasteiger partial charge in [-0.15, -0.1) is 0 Å². The van der Waals surface area contributed by atoms with Gasteiger partial charge in [-0.3, -0.25) is 4.79 Å². The average molecular weight is 477 g/mol. The first kappa shape index (κ1) is 22.8. The summed E-state index contributed by atoms with van der Waals surface area (Å²) in [7, 11) is -3.32. The highest BCUT2D eigenvalue weighted by molar-refractivity contribution is 7.99. The number of pyridine rings is 1. The summed E-state index contributed by atoms with van der Waals surface area (Å²) in [6, 6.07) is 13.1. The minimum atomic E-state index is -3.32. The van der Waals surface area contributed by atoms with Crippen molar-refractivity contribution in [2.45, 2.75) is 21.4 Å². The van der Waals surface area contributed by atoms with E-state index in [0.717, 1.165) is 6.26 Å². The molecule has 160 valence electrons. The number of carboxylic acid groups (broad SMARTS) is 1. The molecular formula is C21H17ClN2O5S2. The van der Waals surface area contributed by atoms with E-state index >= 15 is 0 Å². The molecule has 0 bridgehead atoms. The lowest BCUT2D eigenvalue weighted by atomic mass is 10.0. The highest BCUT2D eigenvalue weighted by atomic mass is 35.5. The van der Waals surface area contributed by atoms with Gasteiger partial charge in [0.1, 0.15) is 5.03 Å². The minimum absolute atomic E-state index is 0.0180. The fourth-order valence-corrected chi connectivity index (χ4v) is 4.75. The van der Waals surface area contributed by atoms with Gasteiger partial charge in [0.25, 0.3) is 0 Å². The second-order valence-corrected chi connectivity index (χ2v) is 9.94. The minimum Gasteiger partial charge on any atom is -0.465 e. The summed E-state index contributed by atoms with van der Waals surface area (Å²) in [4.78, 5) is 27.3. The Morgan fingerprint density at radius 2 is 1.90 bits per heavy atom. The summed E-state index contributed by atoms with van der Waals surface area (Å²) in [6.07, 6.45) is 2.18. The molecule has 2 aromatic carbocycles. The normalized spacial score (nSPS) is 11.2. The van der Waals surface area contributed by atoms with Crippen molar-refractivity contribution < 1.29 is 23.1 Å². The predicted octanol–water partition coefficient (Wildman–Crippen LogP) is 4.54. The van der Waals surface area contributed by atoms with Crippen LogP contribution in [0.5, 0.6) is 0 Å². The lowest BCUT2D eigenvalue weighted by molar-refractivity contribution is 0.112. The molecule has 1 heterocycles. The van der Waals surface area contributed by atoms with Crippen LogP contribution in [0.15, 0.2) is 69.5 Å². The molecule has 0 radical (unpaired) electrons. The lowest BCUT2D eigenvalue weighted by Gasteiger charge is -2.15. The van der Waals surface area contributed by atoms with Crippen LogP contribution in [0.25, 0.3) is 11.1 Å². The van der Waals surface area contributed by atoms with Crippen molar-refractivity contribution >= 4 is 45.6 Å². The summed E-state index contributed by atoms with van der Waals surface area (Å²) in [6.45, 7) is -0.0180. The molecule has 0 fully saturated rings. The number of nitrogens with one attached hydrogen (secondary N) is 1. The summed E-state index contributed by atoms with van der Waals surface area (Å²) in [5, 5.41) is 12.2. The first-order chi connectivity index (χ1) is 14.7. The highest BCUT2D eigenvalue weighted by Crippen LogP contribution is 2.39. The SMILES string of the molecule is CS(=O)(=O)c1ccc(-c2cc(Cl)c(Sc3ncccc3C=O)c(CNC(=O)O)c2)cc1. The smallest absolute Gasteiger partial charge is 0.404 e. The second-order valence-electron chi connectivity index (χ2n) is 6.52. The number of amides is 1. The largest absolute Gasteiger partial charge is 0.465 e. The average Bonchev–Trinajstić information content (AvgIpc) is 2.73. The van der Waals surface area contributed by atoms with Crippen molar-refractivity contribution in [3.05, 3.63) is 70.9 Å². The van der Waals surface area contributed by atoms with Gasteiger partial charge in [-0.05, 0) is 53.1 Å². The van der Waals surface area contributed by atoms with E-state index < -0.39 is 15.9 Å². The number of aromatic nitrogens is 1. The van der Waals surface area contributed by atoms with Crippen molar-refractivity contribution in [1.82, 2.24) is 10.3 Å². The number of aldehydes is 1. The third kappa shape index (κ3) is 5.63. The Hall–Kier alpha value is -2.88. The summed E-state index contributed by atoms with van der Waals surface area (Å²) in [5.74, 6) is 0. The quantitative estimate of drug-likeness (QED) is 0.481. The summed E-state index contributed by atoms with van der Waals surface area (Å²) >= 11 is 7.71. The molecule has 10 heteroatoms. The van der Waals surface area contributed by atoms with Gasteiger partial charge >= 0.3 is 6.09 Å². The lowest BCUT2D eigenvalue weighted by Crippen LogP contribution is -2.20. The van der Waals surface area contributed by atoms with Crippen molar-refractivity contribution in [1.29, 1.82) is 0 Å². The van der Waals surface area contributed by atoms with Crippen molar-refractivity contribution in [2.24, 2.45) is 0 Å². The molecule has 0 unspecified atom stereocenters. The molecule has 3 aromatic rings. The van der Waals surface area contributed by atoms with E-state index in [1.54, 1.807) is 42.6 Å². The van der Waals surface area contributed by atoms with E-state index in [1.807, 2.05) is 0 Å².